The van der Waals surface area contributed by atoms with Crippen LogP contribution in [-0.4, -0.2) is 16.5 Å². The molecule has 2 nitrogen and oxygen atoms in total. The van der Waals surface area contributed by atoms with Gasteiger partial charge < -0.3 is 5.11 Å². The SMILES string of the molecule is CC12CCC(=O)C=C1C=CC1C2CCC2(C)C1CCC2(C)O. The van der Waals surface area contributed by atoms with E-state index in [0.717, 1.165) is 25.7 Å². The number of carbonyl (C=O) groups is 1. The lowest BCUT2D eigenvalue weighted by Gasteiger charge is -2.56. The fourth-order valence-electron chi connectivity index (χ4n) is 6.24. The van der Waals surface area contributed by atoms with Crippen LogP contribution in [0.3, 0.4) is 0 Å². The smallest absolute Gasteiger partial charge is 0.156 e. The lowest BCUT2D eigenvalue weighted by molar-refractivity contribution is -0.118. The first-order valence-corrected chi connectivity index (χ1v) is 8.94. The number of allylic oxidation sites excluding steroid dienone is 4. The lowest BCUT2D eigenvalue weighted by Crippen LogP contribution is -2.52. The van der Waals surface area contributed by atoms with Gasteiger partial charge in [-0.15, -0.1) is 0 Å². The maximum atomic E-state index is 11.8. The summed E-state index contributed by atoms with van der Waals surface area (Å²) in [5.74, 6) is 2.10. The van der Waals surface area contributed by atoms with Gasteiger partial charge in [0.15, 0.2) is 5.78 Å². The molecule has 4 aliphatic carbocycles. The summed E-state index contributed by atoms with van der Waals surface area (Å²) < 4.78 is 0. The Bertz CT molecular complexity index is 585. The molecule has 4 aliphatic rings. The summed E-state index contributed by atoms with van der Waals surface area (Å²) in [4.78, 5) is 11.8. The second kappa shape index (κ2) is 4.35. The van der Waals surface area contributed by atoms with Gasteiger partial charge in [-0.2, -0.15) is 0 Å². The molecule has 0 aliphatic heterocycles. The number of carbonyl (C=O) groups excluding carboxylic acids is 1. The van der Waals surface area contributed by atoms with Crippen LogP contribution in [0.25, 0.3) is 0 Å². The van der Waals surface area contributed by atoms with E-state index in [4.69, 9.17) is 0 Å². The molecule has 0 aromatic heterocycles. The maximum absolute atomic E-state index is 11.8. The molecule has 4 rings (SSSR count). The number of aliphatic hydroxyl groups is 1. The highest BCUT2D eigenvalue weighted by Gasteiger charge is 2.61. The summed E-state index contributed by atoms with van der Waals surface area (Å²) >= 11 is 0. The standard InChI is InChI=1S/C20H28O2/c1-18-9-6-14(21)12-13(18)4-5-15-16(18)7-10-19(2)17(15)8-11-20(19,3)22/h4-5,12,15-17,22H,6-11H2,1-3H3. The van der Waals surface area contributed by atoms with E-state index in [1.54, 1.807) is 0 Å². The van der Waals surface area contributed by atoms with E-state index in [2.05, 4.69) is 26.0 Å². The van der Waals surface area contributed by atoms with E-state index in [1.807, 2.05) is 13.0 Å². The summed E-state index contributed by atoms with van der Waals surface area (Å²) in [5.41, 5.74) is 0.970. The average Bonchev–Trinajstić information content (AvgIpc) is 2.70. The molecule has 2 fully saturated rings. The molecule has 0 saturated heterocycles. The van der Waals surface area contributed by atoms with Crippen LogP contribution in [0.15, 0.2) is 23.8 Å². The van der Waals surface area contributed by atoms with Crippen molar-refractivity contribution in [2.24, 2.45) is 28.6 Å². The van der Waals surface area contributed by atoms with Gasteiger partial charge in [-0.3, -0.25) is 4.79 Å². The van der Waals surface area contributed by atoms with Crippen molar-refractivity contribution in [2.45, 2.75) is 64.9 Å². The summed E-state index contributed by atoms with van der Waals surface area (Å²) in [5, 5.41) is 10.9. The molecule has 22 heavy (non-hydrogen) atoms. The van der Waals surface area contributed by atoms with Crippen molar-refractivity contribution < 1.29 is 9.90 Å². The van der Waals surface area contributed by atoms with Gasteiger partial charge in [0.2, 0.25) is 0 Å². The zero-order valence-corrected chi connectivity index (χ0v) is 14.1. The number of rotatable bonds is 0. The van der Waals surface area contributed by atoms with E-state index < -0.39 is 5.60 Å². The number of hydrogen-bond acceptors (Lipinski definition) is 2. The molecule has 0 aromatic rings. The minimum Gasteiger partial charge on any atom is -0.390 e. The van der Waals surface area contributed by atoms with Crippen LogP contribution in [0, 0.1) is 28.6 Å². The number of ketones is 1. The van der Waals surface area contributed by atoms with Crippen LogP contribution < -0.4 is 0 Å². The summed E-state index contributed by atoms with van der Waals surface area (Å²) in [6, 6.07) is 0. The molecule has 6 atom stereocenters. The average molecular weight is 300 g/mol. The van der Waals surface area contributed by atoms with Crippen molar-refractivity contribution in [3.8, 4) is 0 Å². The quantitative estimate of drug-likeness (QED) is 0.733. The van der Waals surface area contributed by atoms with Crippen molar-refractivity contribution in [1.29, 1.82) is 0 Å². The van der Waals surface area contributed by atoms with Crippen molar-refractivity contribution in [2.75, 3.05) is 0 Å². The molecule has 0 aromatic carbocycles. The molecular formula is C20H28O2. The molecule has 1 N–H and O–H groups in total. The van der Waals surface area contributed by atoms with Crippen LogP contribution in [0.4, 0.5) is 0 Å². The van der Waals surface area contributed by atoms with E-state index >= 15 is 0 Å². The van der Waals surface area contributed by atoms with Crippen molar-refractivity contribution >= 4 is 5.78 Å². The van der Waals surface area contributed by atoms with Gasteiger partial charge in [-0.25, -0.2) is 0 Å². The Hall–Kier alpha value is -0.890. The summed E-state index contributed by atoms with van der Waals surface area (Å²) in [7, 11) is 0. The largest absolute Gasteiger partial charge is 0.390 e. The first kappa shape index (κ1) is 14.7. The topological polar surface area (TPSA) is 37.3 Å². The van der Waals surface area contributed by atoms with E-state index in [9.17, 15) is 9.90 Å². The highest BCUT2D eigenvalue weighted by atomic mass is 16.3. The second-order valence-electron chi connectivity index (χ2n) is 8.90. The fraction of sp³-hybridized carbons (Fsp3) is 0.750. The van der Waals surface area contributed by atoms with Gasteiger partial charge in [0.05, 0.1) is 5.60 Å². The van der Waals surface area contributed by atoms with Crippen LogP contribution in [0.2, 0.25) is 0 Å². The maximum Gasteiger partial charge on any atom is 0.156 e. The number of fused-ring (bicyclic) bond motifs is 5. The Labute approximate surface area is 133 Å². The van der Waals surface area contributed by atoms with Gasteiger partial charge >= 0.3 is 0 Å². The van der Waals surface area contributed by atoms with Crippen molar-refractivity contribution in [1.82, 2.24) is 0 Å². The van der Waals surface area contributed by atoms with Gasteiger partial charge in [0.25, 0.3) is 0 Å². The number of hydrogen-bond donors (Lipinski definition) is 1. The third-order valence-electron chi connectivity index (χ3n) is 8.08. The molecule has 0 heterocycles. The van der Waals surface area contributed by atoms with Crippen molar-refractivity contribution in [3.05, 3.63) is 23.8 Å². The first-order valence-electron chi connectivity index (χ1n) is 8.94. The summed E-state index contributed by atoms with van der Waals surface area (Å²) in [6.07, 6.45) is 12.6. The molecule has 2 heteroatoms. The monoisotopic (exact) mass is 300 g/mol. The van der Waals surface area contributed by atoms with E-state index in [0.29, 0.717) is 30.0 Å². The van der Waals surface area contributed by atoms with Gasteiger partial charge in [-0.1, -0.05) is 26.0 Å². The van der Waals surface area contributed by atoms with Gasteiger partial charge in [-0.05, 0) is 79.3 Å². The van der Waals surface area contributed by atoms with Crippen molar-refractivity contribution in [3.63, 3.8) is 0 Å². The molecule has 0 radical (unpaired) electrons. The van der Waals surface area contributed by atoms with Crippen LogP contribution >= 0.6 is 0 Å². The van der Waals surface area contributed by atoms with Crippen LogP contribution in [0.5, 0.6) is 0 Å². The zero-order valence-electron chi connectivity index (χ0n) is 14.1. The normalized spacial score (nSPS) is 53.5. The molecular weight excluding hydrogens is 272 g/mol. The predicted molar refractivity (Wildman–Crippen MR) is 87.2 cm³/mol. The fourth-order valence-corrected chi connectivity index (χ4v) is 6.24. The van der Waals surface area contributed by atoms with E-state index in [-0.39, 0.29) is 10.8 Å². The van der Waals surface area contributed by atoms with Gasteiger partial charge in [0, 0.05) is 6.42 Å². The van der Waals surface area contributed by atoms with Gasteiger partial charge in [0.1, 0.15) is 0 Å². The Morgan fingerprint density at radius 3 is 2.59 bits per heavy atom. The predicted octanol–water partition coefficient (Wildman–Crippen LogP) is 4.05. The van der Waals surface area contributed by atoms with E-state index in [1.165, 1.54) is 12.0 Å². The van der Waals surface area contributed by atoms with Crippen LogP contribution in [-0.2, 0) is 4.79 Å². The molecule has 0 amide bonds. The highest BCUT2D eigenvalue weighted by Crippen LogP contribution is 2.65. The minimum atomic E-state index is -0.518. The third-order valence-corrected chi connectivity index (χ3v) is 8.08. The first-order chi connectivity index (χ1) is 10.3. The molecule has 2 saturated carbocycles. The Morgan fingerprint density at radius 1 is 1.09 bits per heavy atom. The Kier molecular flexibility index (Phi) is 2.90. The third kappa shape index (κ3) is 1.68. The molecule has 0 bridgehead atoms. The zero-order chi connectivity index (χ0) is 15.8. The second-order valence-corrected chi connectivity index (χ2v) is 8.90. The Morgan fingerprint density at radius 2 is 1.82 bits per heavy atom. The lowest BCUT2D eigenvalue weighted by atomic mass is 9.48. The Balaban J connectivity index is 1.76. The molecule has 0 spiro atoms. The molecule has 6 unspecified atom stereocenters. The summed E-state index contributed by atoms with van der Waals surface area (Å²) in [6.45, 7) is 6.74. The minimum absolute atomic E-state index is 0.0561. The highest BCUT2D eigenvalue weighted by molar-refractivity contribution is 5.92. The molecule has 120 valence electrons. The van der Waals surface area contributed by atoms with Crippen LogP contribution in [0.1, 0.15) is 59.3 Å².